The van der Waals surface area contributed by atoms with Crippen LogP contribution in [0.4, 0.5) is 11.4 Å². The van der Waals surface area contributed by atoms with Crippen molar-refractivity contribution in [3.63, 3.8) is 0 Å². The summed E-state index contributed by atoms with van der Waals surface area (Å²) in [5, 5.41) is 0. The van der Waals surface area contributed by atoms with E-state index in [-0.39, 0.29) is 0 Å². The van der Waals surface area contributed by atoms with Crippen molar-refractivity contribution in [2.24, 2.45) is 0 Å². The number of hydrogen-bond donors (Lipinski definition) is 1. The highest BCUT2D eigenvalue weighted by atomic mass is 16.5. The van der Waals surface area contributed by atoms with Crippen LogP contribution in [0.3, 0.4) is 0 Å². The standard InChI is InChI=1S/C17H22N2O/c1-4-19(12-14-8-6-5-7-13(14)2)17-10-9-15(20-3)11-16(17)18/h5-11H,4,12,18H2,1-3H3. The molecule has 0 saturated heterocycles. The van der Waals surface area contributed by atoms with Gasteiger partial charge >= 0.3 is 0 Å². The van der Waals surface area contributed by atoms with Crippen molar-refractivity contribution < 1.29 is 4.74 Å². The van der Waals surface area contributed by atoms with Gasteiger partial charge in [0.15, 0.2) is 0 Å². The van der Waals surface area contributed by atoms with Gasteiger partial charge in [-0.15, -0.1) is 0 Å². The van der Waals surface area contributed by atoms with Gasteiger partial charge in [-0.3, -0.25) is 0 Å². The van der Waals surface area contributed by atoms with Gasteiger partial charge in [0.25, 0.3) is 0 Å². The van der Waals surface area contributed by atoms with Gasteiger partial charge in [0.1, 0.15) is 5.75 Å². The highest BCUT2D eigenvalue weighted by molar-refractivity contribution is 5.69. The minimum absolute atomic E-state index is 0.750. The maximum atomic E-state index is 6.14. The lowest BCUT2D eigenvalue weighted by atomic mass is 10.1. The van der Waals surface area contributed by atoms with Crippen molar-refractivity contribution in [2.75, 3.05) is 24.3 Å². The van der Waals surface area contributed by atoms with Crippen LogP contribution in [-0.4, -0.2) is 13.7 Å². The number of nitrogen functional groups attached to an aromatic ring is 1. The van der Waals surface area contributed by atoms with Gasteiger partial charge in [0, 0.05) is 19.2 Å². The molecule has 0 saturated carbocycles. The number of aryl methyl sites for hydroxylation is 1. The van der Waals surface area contributed by atoms with E-state index in [9.17, 15) is 0 Å². The average Bonchev–Trinajstić information content (AvgIpc) is 2.47. The fourth-order valence-electron chi connectivity index (χ4n) is 2.31. The Labute approximate surface area is 121 Å². The molecule has 20 heavy (non-hydrogen) atoms. The maximum absolute atomic E-state index is 6.14. The number of anilines is 2. The summed E-state index contributed by atoms with van der Waals surface area (Å²) >= 11 is 0. The molecule has 0 aromatic heterocycles. The van der Waals surface area contributed by atoms with E-state index in [2.05, 4.69) is 43.0 Å². The zero-order chi connectivity index (χ0) is 14.5. The SMILES string of the molecule is CCN(Cc1ccccc1C)c1ccc(OC)cc1N. The third-order valence-electron chi connectivity index (χ3n) is 3.58. The molecular weight excluding hydrogens is 248 g/mol. The van der Waals surface area contributed by atoms with Crippen molar-refractivity contribution in [1.82, 2.24) is 0 Å². The monoisotopic (exact) mass is 270 g/mol. The van der Waals surface area contributed by atoms with E-state index in [1.807, 2.05) is 18.2 Å². The Morgan fingerprint density at radius 3 is 2.50 bits per heavy atom. The fraction of sp³-hybridized carbons (Fsp3) is 0.294. The van der Waals surface area contributed by atoms with E-state index < -0.39 is 0 Å². The predicted octanol–water partition coefficient (Wildman–Crippen LogP) is 3.61. The number of nitrogens with zero attached hydrogens (tertiary/aromatic N) is 1. The Hall–Kier alpha value is -2.16. The Kier molecular flexibility index (Phi) is 4.51. The topological polar surface area (TPSA) is 38.5 Å². The number of benzene rings is 2. The molecule has 2 aromatic carbocycles. The lowest BCUT2D eigenvalue weighted by Crippen LogP contribution is -2.23. The van der Waals surface area contributed by atoms with Gasteiger partial charge < -0.3 is 15.4 Å². The van der Waals surface area contributed by atoms with E-state index in [4.69, 9.17) is 10.5 Å². The van der Waals surface area contributed by atoms with E-state index >= 15 is 0 Å². The molecule has 0 atom stereocenters. The van der Waals surface area contributed by atoms with Crippen LogP contribution in [0.5, 0.6) is 5.75 Å². The number of methoxy groups -OCH3 is 1. The van der Waals surface area contributed by atoms with Gasteiger partial charge in [0.2, 0.25) is 0 Å². The average molecular weight is 270 g/mol. The third-order valence-corrected chi connectivity index (χ3v) is 3.58. The van der Waals surface area contributed by atoms with Crippen LogP contribution in [0, 0.1) is 6.92 Å². The molecule has 2 rings (SSSR count). The molecule has 0 aliphatic carbocycles. The van der Waals surface area contributed by atoms with Gasteiger partial charge in [-0.2, -0.15) is 0 Å². The summed E-state index contributed by atoms with van der Waals surface area (Å²) in [4.78, 5) is 2.27. The molecule has 0 bridgehead atoms. The molecular formula is C17H22N2O. The largest absolute Gasteiger partial charge is 0.497 e. The van der Waals surface area contributed by atoms with Crippen LogP contribution in [-0.2, 0) is 6.54 Å². The number of ether oxygens (including phenoxy) is 1. The summed E-state index contributed by atoms with van der Waals surface area (Å²) in [7, 11) is 1.65. The molecule has 0 aliphatic rings. The molecule has 3 heteroatoms. The van der Waals surface area contributed by atoms with Crippen LogP contribution in [0.2, 0.25) is 0 Å². The normalized spacial score (nSPS) is 10.3. The van der Waals surface area contributed by atoms with Gasteiger partial charge in [0.05, 0.1) is 18.5 Å². The summed E-state index contributed by atoms with van der Waals surface area (Å²) in [6, 6.07) is 14.3. The van der Waals surface area contributed by atoms with Crippen molar-refractivity contribution >= 4 is 11.4 Å². The molecule has 106 valence electrons. The molecule has 0 fully saturated rings. The van der Waals surface area contributed by atoms with Crippen molar-refractivity contribution in [1.29, 1.82) is 0 Å². The summed E-state index contributed by atoms with van der Waals surface area (Å²) in [5.74, 6) is 0.790. The minimum Gasteiger partial charge on any atom is -0.497 e. The Bertz CT molecular complexity index is 581. The van der Waals surface area contributed by atoms with Gasteiger partial charge in [-0.25, -0.2) is 0 Å². The lowest BCUT2D eigenvalue weighted by Gasteiger charge is -2.25. The molecule has 0 radical (unpaired) electrons. The molecule has 0 heterocycles. The smallest absolute Gasteiger partial charge is 0.121 e. The number of nitrogens with two attached hydrogens (primary N) is 1. The van der Waals surface area contributed by atoms with Crippen molar-refractivity contribution in [3.05, 3.63) is 53.6 Å². The fourth-order valence-corrected chi connectivity index (χ4v) is 2.31. The predicted molar refractivity (Wildman–Crippen MR) is 85.3 cm³/mol. The first-order valence-electron chi connectivity index (χ1n) is 6.88. The van der Waals surface area contributed by atoms with E-state index in [0.29, 0.717) is 0 Å². The minimum atomic E-state index is 0.750. The maximum Gasteiger partial charge on any atom is 0.121 e. The summed E-state index contributed by atoms with van der Waals surface area (Å²) in [6.07, 6.45) is 0. The van der Waals surface area contributed by atoms with E-state index in [1.165, 1.54) is 11.1 Å². The zero-order valence-electron chi connectivity index (χ0n) is 12.4. The van der Waals surface area contributed by atoms with Crippen molar-refractivity contribution in [3.8, 4) is 5.75 Å². The highest BCUT2D eigenvalue weighted by Gasteiger charge is 2.10. The Balaban J connectivity index is 2.27. The lowest BCUT2D eigenvalue weighted by molar-refractivity contribution is 0.415. The molecule has 0 spiro atoms. The summed E-state index contributed by atoms with van der Waals surface area (Å²) < 4.78 is 5.20. The molecule has 0 amide bonds. The second-order valence-corrected chi connectivity index (χ2v) is 4.87. The van der Waals surface area contributed by atoms with Gasteiger partial charge in [-0.1, -0.05) is 24.3 Å². The van der Waals surface area contributed by atoms with E-state index in [1.54, 1.807) is 7.11 Å². The zero-order valence-corrected chi connectivity index (χ0v) is 12.4. The van der Waals surface area contributed by atoms with Crippen LogP contribution in [0.15, 0.2) is 42.5 Å². The molecule has 0 unspecified atom stereocenters. The van der Waals surface area contributed by atoms with Gasteiger partial charge in [-0.05, 0) is 37.1 Å². The summed E-state index contributed by atoms with van der Waals surface area (Å²) in [5.41, 5.74) is 10.6. The second-order valence-electron chi connectivity index (χ2n) is 4.87. The first-order chi connectivity index (χ1) is 9.65. The van der Waals surface area contributed by atoms with Crippen LogP contribution in [0.1, 0.15) is 18.1 Å². The first kappa shape index (κ1) is 14.3. The second kappa shape index (κ2) is 6.33. The number of hydrogen-bond acceptors (Lipinski definition) is 3. The van der Waals surface area contributed by atoms with Crippen molar-refractivity contribution in [2.45, 2.75) is 20.4 Å². The van der Waals surface area contributed by atoms with Crippen LogP contribution < -0.4 is 15.4 Å². The first-order valence-corrected chi connectivity index (χ1v) is 6.88. The van der Waals surface area contributed by atoms with Crippen LogP contribution >= 0.6 is 0 Å². The molecule has 2 N–H and O–H groups in total. The Morgan fingerprint density at radius 1 is 1.15 bits per heavy atom. The summed E-state index contributed by atoms with van der Waals surface area (Å²) in [6.45, 7) is 6.05. The number of rotatable bonds is 5. The highest BCUT2D eigenvalue weighted by Crippen LogP contribution is 2.29. The Morgan fingerprint density at radius 2 is 1.90 bits per heavy atom. The third kappa shape index (κ3) is 3.05. The molecule has 0 aliphatic heterocycles. The van der Waals surface area contributed by atoms with E-state index in [0.717, 1.165) is 30.2 Å². The van der Waals surface area contributed by atoms with Crippen LogP contribution in [0.25, 0.3) is 0 Å². The molecule has 2 aromatic rings. The quantitative estimate of drug-likeness (QED) is 0.843. The molecule has 3 nitrogen and oxygen atoms in total.